The van der Waals surface area contributed by atoms with E-state index in [1.807, 2.05) is 0 Å². The Hall–Kier alpha value is -3.20. The third kappa shape index (κ3) is 4.99. The summed E-state index contributed by atoms with van der Waals surface area (Å²) in [5.41, 5.74) is 1.25. The first-order chi connectivity index (χ1) is 15.2. The number of ether oxygens (including phenoxy) is 2. The predicted octanol–water partition coefficient (Wildman–Crippen LogP) is 6.63. The van der Waals surface area contributed by atoms with Crippen LogP contribution in [0.1, 0.15) is 21.5 Å². The molecular weight excluding hydrogens is 499 g/mol. The van der Waals surface area contributed by atoms with Crippen molar-refractivity contribution in [3.8, 4) is 11.5 Å². The van der Waals surface area contributed by atoms with Crippen molar-refractivity contribution in [3.63, 3.8) is 0 Å². The van der Waals surface area contributed by atoms with Crippen LogP contribution in [0.25, 0.3) is 6.08 Å². The number of hydrogen-bond donors (Lipinski definition) is 0. The van der Waals surface area contributed by atoms with Crippen molar-refractivity contribution in [2.75, 3.05) is 7.11 Å². The second kappa shape index (κ2) is 9.95. The summed E-state index contributed by atoms with van der Waals surface area (Å²) in [5, 5.41) is 0. The smallest absolute Gasteiger partial charge is 0.207 e. The van der Waals surface area contributed by atoms with Crippen LogP contribution in [-0.4, -0.2) is 12.9 Å². The Balaban J connectivity index is 1.83. The third-order valence-corrected chi connectivity index (χ3v) is 4.93. The average molecular weight is 513 g/mol. The van der Waals surface area contributed by atoms with Gasteiger partial charge in [-0.1, -0.05) is 28.1 Å². The summed E-state index contributed by atoms with van der Waals surface area (Å²) in [6, 6.07) is 11.4. The molecule has 0 bridgehead atoms. The lowest BCUT2D eigenvalue weighted by molar-refractivity contribution is 0.104. The Morgan fingerprint density at radius 2 is 1.50 bits per heavy atom. The molecule has 3 nitrogen and oxygen atoms in total. The van der Waals surface area contributed by atoms with Gasteiger partial charge in [0.1, 0.15) is 12.4 Å². The number of carbonyl (C=O) groups excluding carboxylic acids is 1. The highest BCUT2D eigenvalue weighted by Crippen LogP contribution is 2.31. The Bertz CT molecular complexity index is 1160. The molecule has 0 aliphatic carbocycles. The summed E-state index contributed by atoms with van der Waals surface area (Å²) in [5.74, 6) is -12.0. The molecule has 166 valence electrons. The zero-order valence-electron chi connectivity index (χ0n) is 16.4. The van der Waals surface area contributed by atoms with Gasteiger partial charge in [-0.05, 0) is 48.0 Å². The van der Waals surface area contributed by atoms with Crippen LogP contribution in [0, 0.1) is 29.1 Å². The Morgan fingerprint density at radius 1 is 0.906 bits per heavy atom. The number of halogens is 6. The summed E-state index contributed by atoms with van der Waals surface area (Å²) in [7, 11) is 1.34. The average Bonchev–Trinajstić information content (AvgIpc) is 2.80. The van der Waals surface area contributed by atoms with Crippen LogP contribution < -0.4 is 9.47 Å². The van der Waals surface area contributed by atoms with Gasteiger partial charge in [0.05, 0.1) is 7.11 Å². The standard InChI is InChI=1S/C23H14BrF5O3/c1-31-17-9-3-12(2-8-16(30)13-4-6-15(24)7-5-13)10-14(17)11-32-23-21(28)19(26)18(25)20(27)22(23)29/h2-10H,11H2,1H3/b8-2+. The zero-order chi connectivity index (χ0) is 23.4. The highest BCUT2D eigenvalue weighted by atomic mass is 79.9. The molecule has 0 atom stereocenters. The summed E-state index contributed by atoms with van der Waals surface area (Å²) in [6.07, 6.45) is 2.84. The fourth-order valence-corrected chi connectivity index (χ4v) is 3.02. The summed E-state index contributed by atoms with van der Waals surface area (Å²) < 4.78 is 78.5. The highest BCUT2D eigenvalue weighted by molar-refractivity contribution is 9.10. The van der Waals surface area contributed by atoms with Gasteiger partial charge in [-0.25, -0.2) is 13.2 Å². The Morgan fingerprint density at radius 3 is 2.09 bits per heavy atom. The minimum Gasteiger partial charge on any atom is -0.496 e. The van der Waals surface area contributed by atoms with Crippen molar-refractivity contribution in [2.45, 2.75) is 6.61 Å². The number of hydrogen-bond acceptors (Lipinski definition) is 3. The van der Waals surface area contributed by atoms with Gasteiger partial charge in [-0.2, -0.15) is 8.78 Å². The van der Waals surface area contributed by atoms with Crippen molar-refractivity contribution in [1.82, 2.24) is 0 Å². The number of rotatable bonds is 7. The molecule has 0 spiro atoms. The summed E-state index contributed by atoms with van der Waals surface area (Å²) in [6.45, 7) is -0.552. The maximum absolute atomic E-state index is 13.8. The second-order valence-corrected chi connectivity index (χ2v) is 7.38. The van der Waals surface area contributed by atoms with Gasteiger partial charge < -0.3 is 9.47 Å². The number of methoxy groups -OCH3 is 1. The van der Waals surface area contributed by atoms with Crippen molar-refractivity contribution >= 4 is 27.8 Å². The fourth-order valence-electron chi connectivity index (χ4n) is 2.76. The lowest BCUT2D eigenvalue weighted by Gasteiger charge is -2.13. The summed E-state index contributed by atoms with van der Waals surface area (Å²) in [4.78, 5) is 12.3. The molecule has 3 aromatic rings. The molecule has 0 aliphatic rings. The van der Waals surface area contributed by atoms with E-state index in [1.165, 1.54) is 31.4 Å². The molecule has 0 saturated heterocycles. The minimum absolute atomic E-state index is 0.255. The van der Waals surface area contributed by atoms with Crippen LogP contribution in [0.3, 0.4) is 0 Å². The zero-order valence-corrected chi connectivity index (χ0v) is 18.0. The fraction of sp³-hybridized carbons (Fsp3) is 0.0870. The van der Waals surface area contributed by atoms with Gasteiger partial charge in [0, 0.05) is 15.6 Å². The first kappa shape index (κ1) is 23.5. The monoisotopic (exact) mass is 512 g/mol. The maximum Gasteiger partial charge on any atom is 0.207 e. The van der Waals surface area contributed by atoms with Crippen molar-refractivity contribution in [3.05, 3.63) is 98.8 Å². The van der Waals surface area contributed by atoms with E-state index in [-0.39, 0.29) is 17.1 Å². The highest BCUT2D eigenvalue weighted by Gasteiger charge is 2.27. The first-order valence-electron chi connectivity index (χ1n) is 9.02. The van der Waals surface area contributed by atoms with E-state index in [4.69, 9.17) is 9.47 Å². The third-order valence-electron chi connectivity index (χ3n) is 4.40. The van der Waals surface area contributed by atoms with Gasteiger partial charge in [0.25, 0.3) is 0 Å². The molecular formula is C23H14BrF5O3. The van der Waals surface area contributed by atoms with Gasteiger partial charge in [0.2, 0.25) is 29.1 Å². The van der Waals surface area contributed by atoms with E-state index < -0.39 is 41.4 Å². The molecule has 9 heteroatoms. The SMILES string of the molecule is COc1ccc(/C=C/C(=O)c2ccc(Br)cc2)cc1COc1c(F)c(F)c(F)c(F)c1F. The van der Waals surface area contributed by atoms with Gasteiger partial charge in [-0.15, -0.1) is 0 Å². The maximum atomic E-state index is 13.8. The van der Waals surface area contributed by atoms with E-state index in [0.29, 0.717) is 11.1 Å². The Kier molecular flexibility index (Phi) is 7.29. The van der Waals surface area contributed by atoms with Crippen LogP contribution in [0.2, 0.25) is 0 Å². The molecule has 3 aromatic carbocycles. The second-order valence-electron chi connectivity index (χ2n) is 6.46. The summed E-state index contributed by atoms with van der Waals surface area (Å²) >= 11 is 3.28. The molecule has 32 heavy (non-hydrogen) atoms. The van der Waals surface area contributed by atoms with Crippen molar-refractivity contribution in [1.29, 1.82) is 0 Å². The molecule has 0 saturated carbocycles. The van der Waals surface area contributed by atoms with E-state index in [9.17, 15) is 26.7 Å². The van der Waals surface area contributed by atoms with Crippen LogP contribution in [-0.2, 0) is 6.61 Å². The van der Waals surface area contributed by atoms with E-state index >= 15 is 0 Å². The number of ketones is 1. The van der Waals surface area contributed by atoms with E-state index in [0.717, 1.165) is 4.47 Å². The topological polar surface area (TPSA) is 35.5 Å². The van der Waals surface area contributed by atoms with Gasteiger partial charge in [-0.3, -0.25) is 4.79 Å². The molecule has 0 aromatic heterocycles. The Labute approximate surface area is 188 Å². The molecule has 0 radical (unpaired) electrons. The molecule has 0 unspecified atom stereocenters. The van der Waals surface area contributed by atoms with E-state index in [2.05, 4.69) is 15.9 Å². The van der Waals surface area contributed by atoms with Crippen LogP contribution in [0.4, 0.5) is 22.0 Å². The van der Waals surface area contributed by atoms with Crippen LogP contribution in [0.15, 0.2) is 53.0 Å². The molecule has 0 aliphatic heterocycles. The van der Waals surface area contributed by atoms with E-state index in [1.54, 1.807) is 30.3 Å². The largest absolute Gasteiger partial charge is 0.496 e. The van der Waals surface area contributed by atoms with Crippen LogP contribution >= 0.6 is 15.9 Å². The molecule has 0 heterocycles. The van der Waals surface area contributed by atoms with Gasteiger partial charge >= 0.3 is 0 Å². The lowest BCUT2D eigenvalue weighted by Crippen LogP contribution is -2.07. The minimum atomic E-state index is -2.27. The number of allylic oxidation sites excluding steroid dienone is 1. The molecule has 0 amide bonds. The quantitative estimate of drug-likeness (QED) is 0.117. The van der Waals surface area contributed by atoms with Crippen molar-refractivity contribution in [2.24, 2.45) is 0 Å². The predicted molar refractivity (Wildman–Crippen MR) is 111 cm³/mol. The normalized spacial score (nSPS) is 11.1. The van der Waals surface area contributed by atoms with Crippen LogP contribution in [0.5, 0.6) is 11.5 Å². The first-order valence-corrected chi connectivity index (χ1v) is 9.81. The molecule has 3 rings (SSSR count). The lowest BCUT2D eigenvalue weighted by atomic mass is 10.1. The molecule has 0 fully saturated rings. The number of carbonyl (C=O) groups is 1. The number of benzene rings is 3. The van der Waals surface area contributed by atoms with Gasteiger partial charge in [0.15, 0.2) is 11.5 Å². The molecule has 0 N–H and O–H groups in total. The van der Waals surface area contributed by atoms with Crippen molar-refractivity contribution < 1.29 is 36.2 Å².